The molecule has 2 aromatic rings. The molecule has 10 nitrogen and oxygen atoms in total. The fraction of sp³-hybridized carbons (Fsp3) is 0.706. The third-order valence-corrected chi connectivity index (χ3v) is 6.13. The summed E-state index contributed by atoms with van der Waals surface area (Å²) >= 11 is -2.21. The van der Waals surface area contributed by atoms with Crippen molar-refractivity contribution >= 4 is 34.2 Å². The quantitative estimate of drug-likeness (QED) is 0.517. The summed E-state index contributed by atoms with van der Waals surface area (Å²) in [5, 5.41) is 16.3. The summed E-state index contributed by atoms with van der Waals surface area (Å²) in [5.41, 5.74) is 1.38. The van der Waals surface area contributed by atoms with Crippen LogP contribution in [0, 0.1) is 5.92 Å². The van der Waals surface area contributed by atoms with Crippen molar-refractivity contribution in [3.63, 3.8) is 0 Å². The van der Waals surface area contributed by atoms with Crippen molar-refractivity contribution in [2.75, 3.05) is 30.3 Å². The first-order valence-corrected chi connectivity index (χ1v) is 10.8. The van der Waals surface area contributed by atoms with Gasteiger partial charge >= 0.3 is 0 Å². The maximum Gasteiger partial charge on any atom is 0.227 e. The van der Waals surface area contributed by atoms with Crippen molar-refractivity contribution in [3.8, 4) is 0 Å². The fourth-order valence-corrected chi connectivity index (χ4v) is 4.19. The summed E-state index contributed by atoms with van der Waals surface area (Å²) < 4.78 is 25.7. The highest BCUT2D eigenvalue weighted by Crippen LogP contribution is 2.34. The molecule has 1 aliphatic carbocycles. The lowest BCUT2D eigenvalue weighted by Gasteiger charge is -2.20. The summed E-state index contributed by atoms with van der Waals surface area (Å²) in [6, 6.07) is -0.114. The molecule has 154 valence electrons. The van der Waals surface area contributed by atoms with Gasteiger partial charge in [0.15, 0.2) is 17.0 Å². The van der Waals surface area contributed by atoms with E-state index in [0.29, 0.717) is 48.4 Å². The molecule has 11 heteroatoms. The van der Waals surface area contributed by atoms with E-state index in [0.717, 1.165) is 13.0 Å². The molecule has 1 saturated carbocycles. The Morgan fingerprint density at radius 2 is 2.21 bits per heavy atom. The van der Waals surface area contributed by atoms with Gasteiger partial charge in [-0.1, -0.05) is 12.8 Å². The zero-order valence-electron chi connectivity index (χ0n) is 15.9. The molecule has 1 saturated heterocycles. The molecule has 0 radical (unpaired) electrons. The largest absolute Gasteiger partial charge is 0.760 e. The lowest BCUT2D eigenvalue weighted by Crippen LogP contribution is -2.28. The third kappa shape index (κ3) is 4.27. The molecule has 0 bridgehead atoms. The molecule has 2 aromatic heterocycles. The minimum Gasteiger partial charge on any atom is -0.760 e. The Labute approximate surface area is 166 Å². The number of nitrogens with one attached hydrogen (secondary N) is 2. The van der Waals surface area contributed by atoms with Crippen molar-refractivity contribution in [1.82, 2.24) is 23.8 Å². The van der Waals surface area contributed by atoms with Crippen molar-refractivity contribution in [2.45, 2.75) is 51.2 Å². The zero-order valence-corrected chi connectivity index (χ0v) is 16.7. The molecule has 0 aromatic carbocycles. The topological polar surface area (TPSA) is 131 Å². The molecule has 1 aliphatic heterocycles. The minimum atomic E-state index is -2.21. The van der Waals surface area contributed by atoms with E-state index >= 15 is 0 Å². The van der Waals surface area contributed by atoms with E-state index in [4.69, 9.17) is 0 Å². The van der Waals surface area contributed by atoms with Crippen LogP contribution in [0.25, 0.3) is 11.2 Å². The van der Waals surface area contributed by atoms with Crippen molar-refractivity contribution in [3.05, 3.63) is 6.33 Å². The summed E-state index contributed by atoms with van der Waals surface area (Å²) in [6.45, 7) is 3.67. The van der Waals surface area contributed by atoms with Gasteiger partial charge in [0.1, 0.15) is 0 Å². The van der Waals surface area contributed by atoms with E-state index in [-0.39, 0.29) is 18.7 Å². The Morgan fingerprint density at radius 3 is 2.86 bits per heavy atom. The number of hydrogen-bond acceptors (Lipinski definition) is 8. The van der Waals surface area contributed by atoms with Gasteiger partial charge in [0.2, 0.25) is 5.95 Å². The number of aromatic nitrogens is 4. The average Bonchev–Trinajstić information content (AvgIpc) is 3.20. The number of imidazole rings is 1. The smallest absolute Gasteiger partial charge is 0.227 e. The summed E-state index contributed by atoms with van der Waals surface area (Å²) in [5.74, 6) is 1.71. The number of hydrogen-bond donors (Lipinski definition) is 3. The van der Waals surface area contributed by atoms with Gasteiger partial charge in [-0.05, 0) is 25.7 Å². The number of nitrogens with zero attached hydrogens (tertiary/aromatic N) is 5. The molecular formula is C17H26N7O3S-. The molecule has 2 aliphatic rings. The predicted octanol–water partition coefficient (Wildman–Crippen LogP) is 0.699. The standard InChI is InChI=1S/C17H27N7O3S/c1-2-23-10-18-14-15(19-12-5-6-24(8-12)28(26)27)21-17(22-16(14)23)20-13(9-25)7-11-3-4-11/h10-13,25H,2-9H2,1H3,(H,26,27)(H2,19,20,21,22)/p-1. The van der Waals surface area contributed by atoms with Gasteiger partial charge in [0.25, 0.3) is 0 Å². The molecule has 0 amide bonds. The van der Waals surface area contributed by atoms with Crippen LogP contribution in [0.4, 0.5) is 11.8 Å². The highest BCUT2D eigenvalue weighted by Gasteiger charge is 2.27. The maximum atomic E-state index is 11.2. The highest BCUT2D eigenvalue weighted by atomic mass is 32.2. The number of aliphatic hydroxyl groups is 1. The van der Waals surface area contributed by atoms with Crippen molar-refractivity contribution in [2.24, 2.45) is 5.92 Å². The third-order valence-electron chi connectivity index (χ3n) is 5.38. The van der Waals surface area contributed by atoms with E-state index in [1.165, 1.54) is 17.1 Å². The van der Waals surface area contributed by atoms with Gasteiger partial charge in [-0.25, -0.2) is 9.29 Å². The van der Waals surface area contributed by atoms with Crippen LogP contribution < -0.4 is 10.6 Å². The number of aliphatic hydroxyl groups excluding tert-OH is 1. The van der Waals surface area contributed by atoms with Gasteiger partial charge in [-0.2, -0.15) is 9.97 Å². The zero-order chi connectivity index (χ0) is 19.7. The number of anilines is 2. The SMILES string of the molecule is CCn1cnc2c(NC3CCN(S(=O)[O-])C3)nc(NC(CO)CC3CC3)nc21. The molecule has 28 heavy (non-hydrogen) atoms. The van der Waals surface area contributed by atoms with E-state index < -0.39 is 11.3 Å². The number of aryl methyl sites for hydroxylation is 1. The van der Waals surface area contributed by atoms with E-state index in [9.17, 15) is 13.9 Å². The normalized spacial score (nSPS) is 22.5. The number of rotatable bonds is 9. The van der Waals surface area contributed by atoms with E-state index in [1.807, 2.05) is 11.5 Å². The van der Waals surface area contributed by atoms with Crippen LogP contribution in [0.5, 0.6) is 0 Å². The molecule has 0 spiro atoms. The summed E-state index contributed by atoms with van der Waals surface area (Å²) in [6.07, 6.45) is 5.77. The Balaban J connectivity index is 1.58. The second-order valence-corrected chi connectivity index (χ2v) is 8.49. The lowest BCUT2D eigenvalue weighted by molar-refractivity contribution is 0.265. The van der Waals surface area contributed by atoms with Crippen LogP contribution in [0.1, 0.15) is 32.6 Å². The molecule has 4 rings (SSSR count). The molecular weight excluding hydrogens is 382 g/mol. The van der Waals surface area contributed by atoms with Crippen LogP contribution in [-0.2, 0) is 17.8 Å². The van der Waals surface area contributed by atoms with Crippen LogP contribution in [-0.4, -0.2) is 69.5 Å². The van der Waals surface area contributed by atoms with Crippen LogP contribution in [0.15, 0.2) is 6.33 Å². The predicted molar refractivity (Wildman–Crippen MR) is 105 cm³/mol. The second-order valence-electron chi connectivity index (χ2n) is 7.54. The van der Waals surface area contributed by atoms with Crippen molar-refractivity contribution in [1.29, 1.82) is 0 Å². The van der Waals surface area contributed by atoms with Gasteiger partial charge in [0.05, 0.1) is 19.0 Å². The average molecular weight is 409 g/mol. The van der Waals surface area contributed by atoms with Crippen LogP contribution in [0.3, 0.4) is 0 Å². The minimum absolute atomic E-state index is 0.0284. The number of fused-ring (bicyclic) bond motifs is 1. The first kappa shape index (κ1) is 19.5. The molecule has 3 N–H and O–H groups in total. The van der Waals surface area contributed by atoms with Crippen LogP contribution >= 0.6 is 0 Å². The van der Waals surface area contributed by atoms with Gasteiger partial charge in [0, 0.05) is 36.9 Å². The molecule has 3 atom stereocenters. The van der Waals surface area contributed by atoms with Crippen molar-refractivity contribution < 1.29 is 13.9 Å². The monoisotopic (exact) mass is 408 g/mol. The first-order valence-electron chi connectivity index (χ1n) is 9.78. The molecule has 3 heterocycles. The first-order chi connectivity index (χ1) is 13.6. The Morgan fingerprint density at radius 1 is 1.39 bits per heavy atom. The summed E-state index contributed by atoms with van der Waals surface area (Å²) in [4.78, 5) is 13.7. The highest BCUT2D eigenvalue weighted by molar-refractivity contribution is 7.76. The van der Waals surface area contributed by atoms with Gasteiger partial charge in [-0.3, -0.25) is 4.21 Å². The van der Waals surface area contributed by atoms with E-state index in [1.54, 1.807) is 6.33 Å². The second kappa shape index (κ2) is 8.27. The lowest BCUT2D eigenvalue weighted by atomic mass is 10.1. The Kier molecular flexibility index (Phi) is 5.76. The Bertz CT molecular complexity index is 857. The van der Waals surface area contributed by atoms with E-state index in [2.05, 4.69) is 25.6 Å². The van der Waals surface area contributed by atoms with Gasteiger partial charge in [-0.15, -0.1) is 0 Å². The molecule has 3 unspecified atom stereocenters. The Hall–Kier alpha value is -1.82. The fourth-order valence-electron chi connectivity index (χ4n) is 3.63. The summed E-state index contributed by atoms with van der Waals surface area (Å²) in [7, 11) is 0. The van der Waals surface area contributed by atoms with Crippen LogP contribution in [0.2, 0.25) is 0 Å². The molecule has 2 fully saturated rings. The maximum absolute atomic E-state index is 11.2. The van der Waals surface area contributed by atoms with Gasteiger partial charge < -0.3 is 24.9 Å².